The summed E-state index contributed by atoms with van der Waals surface area (Å²) < 4.78 is 5.19. The summed E-state index contributed by atoms with van der Waals surface area (Å²) in [4.78, 5) is 50.8. The lowest BCUT2D eigenvalue weighted by Gasteiger charge is -2.22. The second kappa shape index (κ2) is 8.49. The number of carbonyl (C=O) groups is 4. The molecule has 2 aromatic rings. The van der Waals surface area contributed by atoms with Crippen molar-refractivity contribution >= 4 is 23.7 Å². The minimum Gasteiger partial charge on any atom is -0.453 e. The van der Waals surface area contributed by atoms with E-state index in [1.807, 2.05) is 19.1 Å². The van der Waals surface area contributed by atoms with Gasteiger partial charge in [-0.1, -0.05) is 61.5 Å². The Morgan fingerprint density at radius 1 is 1.07 bits per heavy atom. The number of ketones is 1. The first kappa shape index (κ1) is 21.2. The summed E-state index contributed by atoms with van der Waals surface area (Å²) in [7, 11) is 0. The lowest BCUT2D eigenvalue weighted by molar-refractivity contribution is -0.149. The van der Waals surface area contributed by atoms with Crippen molar-refractivity contribution in [3.63, 3.8) is 0 Å². The minimum absolute atomic E-state index is 0.350. The molecule has 0 aliphatic carbocycles. The normalized spacial score (nSPS) is 19.4. The highest BCUT2D eigenvalue weighted by Gasteiger charge is 2.49. The number of esters is 1. The lowest BCUT2D eigenvalue weighted by atomic mass is 9.92. The van der Waals surface area contributed by atoms with Gasteiger partial charge in [0.1, 0.15) is 12.1 Å². The summed E-state index contributed by atoms with van der Waals surface area (Å²) in [6.07, 6.45) is -0.182. The van der Waals surface area contributed by atoms with E-state index >= 15 is 0 Å². The highest BCUT2D eigenvalue weighted by atomic mass is 16.5. The molecular formula is C23H24N2O5. The Labute approximate surface area is 175 Å². The van der Waals surface area contributed by atoms with E-state index in [1.54, 1.807) is 49.4 Å². The molecule has 1 fully saturated rings. The molecule has 0 aromatic heterocycles. The summed E-state index contributed by atoms with van der Waals surface area (Å²) in [6, 6.07) is 15.2. The zero-order valence-electron chi connectivity index (χ0n) is 17.2. The molecule has 1 aliphatic heterocycles. The molecule has 2 atom stereocenters. The number of ether oxygens (including phenoxy) is 1. The van der Waals surface area contributed by atoms with Crippen molar-refractivity contribution in [1.29, 1.82) is 0 Å². The van der Waals surface area contributed by atoms with Gasteiger partial charge in [-0.2, -0.15) is 0 Å². The molecule has 30 heavy (non-hydrogen) atoms. The Hall–Kier alpha value is -3.48. The molecule has 1 saturated heterocycles. The second-order valence-corrected chi connectivity index (χ2v) is 7.36. The summed E-state index contributed by atoms with van der Waals surface area (Å²) in [5.74, 6) is -1.73. The van der Waals surface area contributed by atoms with Crippen LogP contribution in [-0.2, 0) is 26.3 Å². The van der Waals surface area contributed by atoms with Crippen LogP contribution < -0.4 is 5.32 Å². The van der Waals surface area contributed by atoms with E-state index in [4.69, 9.17) is 4.74 Å². The number of nitrogens with zero attached hydrogens (tertiary/aromatic N) is 1. The number of Topliss-reactive ketones (excluding diaryl/α,β-unsaturated/α-hetero) is 1. The predicted molar refractivity (Wildman–Crippen MR) is 110 cm³/mol. The number of amides is 3. The van der Waals surface area contributed by atoms with Crippen LogP contribution in [0.3, 0.4) is 0 Å². The molecule has 7 nitrogen and oxygen atoms in total. The monoisotopic (exact) mass is 408 g/mol. The number of nitrogens with one attached hydrogen (secondary N) is 1. The van der Waals surface area contributed by atoms with Crippen molar-refractivity contribution < 1.29 is 23.9 Å². The number of carbonyl (C=O) groups excluding carboxylic acids is 4. The molecule has 3 amide bonds. The summed E-state index contributed by atoms with van der Waals surface area (Å²) in [6.45, 7) is 4.49. The first-order chi connectivity index (χ1) is 14.3. The van der Waals surface area contributed by atoms with Gasteiger partial charge in [-0.05, 0) is 31.4 Å². The van der Waals surface area contributed by atoms with Gasteiger partial charge in [0.2, 0.25) is 5.78 Å². The molecule has 0 unspecified atom stereocenters. The van der Waals surface area contributed by atoms with Gasteiger partial charge < -0.3 is 10.1 Å². The van der Waals surface area contributed by atoms with Gasteiger partial charge >= 0.3 is 12.0 Å². The fraction of sp³-hybridized carbons (Fsp3) is 0.304. The topological polar surface area (TPSA) is 92.8 Å². The number of imide groups is 1. The molecule has 7 heteroatoms. The third kappa shape index (κ3) is 4.10. The maximum atomic E-state index is 12.8. The third-order valence-corrected chi connectivity index (χ3v) is 5.24. The van der Waals surface area contributed by atoms with Gasteiger partial charge in [-0.15, -0.1) is 0 Å². The number of rotatable bonds is 7. The van der Waals surface area contributed by atoms with Gasteiger partial charge in [0.15, 0.2) is 6.10 Å². The maximum absolute atomic E-state index is 12.8. The number of hydrogen-bond donors (Lipinski definition) is 1. The van der Waals surface area contributed by atoms with E-state index in [0.717, 1.165) is 16.9 Å². The van der Waals surface area contributed by atoms with E-state index < -0.39 is 36.1 Å². The van der Waals surface area contributed by atoms with Crippen LogP contribution in [0.25, 0.3) is 0 Å². The molecule has 0 saturated carbocycles. The van der Waals surface area contributed by atoms with Crippen molar-refractivity contribution in [2.75, 3.05) is 6.54 Å². The van der Waals surface area contributed by atoms with Gasteiger partial charge in [0, 0.05) is 5.56 Å². The van der Waals surface area contributed by atoms with Crippen LogP contribution in [0.4, 0.5) is 4.79 Å². The Kier molecular flexibility index (Phi) is 6.01. The van der Waals surface area contributed by atoms with Gasteiger partial charge in [-0.3, -0.25) is 19.3 Å². The molecular weight excluding hydrogens is 384 g/mol. The van der Waals surface area contributed by atoms with E-state index in [9.17, 15) is 19.2 Å². The molecule has 0 bridgehead atoms. The zero-order chi connectivity index (χ0) is 21.9. The fourth-order valence-corrected chi connectivity index (χ4v) is 3.36. The molecule has 3 rings (SSSR count). The third-order valence-electron chi connectivity index (χ3n) is 5.24. The van der Waals surface area contributed by atoms with Gasteiger partial charge in [0.05, 0.1) is 0 Å². The van der Waals surface area contributed by atoms with E-state index in [-0.39, 0.29) is 5.78 Å². The summed E-state index contributed by atoms with van der Waals surface area (Å²) in [5.41, 5.74) is 0.870. The van der Waals surface area contributed by atoms with Crippen LogP contribution in [-0.4, -0.2) is 41.2 Å². The van der Waals surface area contributed by atoms with E-state index in [1.165, 1.54) is 6.92 Å². The smallest absolute Gasteiger partial charge is 0.326 e. The highest BCUT2D eigenvalue weighted by Crippen LogP contribution is 2.28. The van der Waals surface area contributed by atoms with Crippen LogP contribution in [0.15, 0.2) is 54.6 Å². The second-order valence-electron chi connectivity index (χ2n) is 7.36. The van der Waals surface area contributed by atoms with Crippen molar-refractivity contribution in [3.05, 3.63) is 71.3 Å². The quantitative estimate of drug-likeness (QED) is 0.432. The zero-order valence-corrected chi connectivity index (χ0v) is 17.2. The van der Waals surface area contributed by atoms with Gasteiger partial charge in [0.25, 0.3) is 5.91 Å². The maximum Gasteiger partial charge on any atom is 0.326 e. The standard InChI is InChI=1S/C23H24N2O5/c1-4-16-10-12-17(13-11-16)20(27)15(2)30-19(26)14-25-21(28)23(3,24-22(25)29)18-8-6-5-7-9-18/h5-13,15H,4,14H2,1-3H3,(H,24,29)/t15-,23+/m1/s1. The van der Waals surface area contributed by atoms with Crippen molar-refractivity contribution in [1.82, 2.24) is 10.2 Å². The number of hydrogen-bond acceptors (Lipinski definition) is 5. The Morgan fingerprint density at radius 3 is 2.30 bits per heavy atom. The average Bonchev–Trinajstić information content (AvgIpc) is 2.97. The molecule has 1 N–H and O–H groups in total. The Bertz CT molecular complexity index is 971. The molecule has 1 aliphatic rings. The van der Waals surface area contributed by atoms with Crippen LogP contribution >= 0.6 is 0 Å². The van der Waals surface area contributed by atoms with Crippen molar-refractivity contribution in [2.24, 2.45) is 0 Å². The van der Waals surface area contributed by atoms with Crippen molar-refractivity contribution in [2.45, 2.75) is 38.8 Å². The highest BCUT2D eigenvalue weighted by molar-refractivity contribution is 6.09. The number of benzene rings is 2. The Morgan fingerprint density at radius 2 is 1.70 bits per heavy atom. The van der Waals surface area contributed by atoms with Crippen molar-refractivity contribution in [3.8, 4) is 0 Å². The predicted octanol–water partition coefficient (Wildman–Crippen LogP) is 2.83. The number of aryl methyl sites for hydroxylation is 1. The van der Waals surface area contributed by atoms with Crippen LogP contribution in [0, 0.1) is 0 Å². The van der Waals surface area contributed by atoms with Crippen LogP contribution in [0.5, 0.6) is 0 Å². The lowest BCUT2D eigenvalue weighted by Crippen LogP contribution is -2.42. The van der Waals surface area contributed by atoms with Gasteiger partial charge in [-0.25, -0.2) is 4.79 Å². The average molecular weight is 408 g/mol. The summed E-state index contributed by atoms with van der Waals surface area (Å²) >= 11 is 0. The Balaban J connectivity index is 1.64. The van der Waals surface area contributed by atoms with E-state index in [2.05, 4.69) is 5.32 Å². The molecule has 0 radical (unpaired) electrons. The van der Waals surface area contributed by atoms with Crippen LogP contribution in [0.2, 0.25) is 0 Å². The minimum atomic E-state index is -1.26. The first-order valence-electron chi connectivity index (χ1n) is 9.78. The SMILES string of the molecule is CCc1ccc(C(=O)[C@@H](C)OC(=O)CN2C(=O)N[C@@](C)(c3ccccc3)C2=O)cc1. The summed E-state index contributed by atoms with van der Waals surface area (Å²) in [5, 5.41) is 2.63. The molecule has 0 spiro atoms. The molecule has 1 heterocycles. The first-order valence-corrected chi connectivity index (χ1v) is 9.78. The molecule has 2 aromatic carbocycles. The molecule has 156 valence electrons. The largest absolute Gasteiger partial charge is 0.453 e. The van der Waals surface area contributed by atoms with E-state index in [0.29, 0.717) is 11.1 Å². The fourth-order valence-electron chi connectivity index (χ4n) is 3.36. The van der Waals surface area contributed by atoms with Crippen LogP contribution in [0.1, 0.15) is 42.3 Å². The number of urea groups is 1.